The summed E-state index contributed by atoms with van der Waals surface area (Å²) in [6.07, 6.45) is 5.85. The topological polar surface area (TPSA) is 49.0 Å². The molecule has 0 bridgehead atoms. The van der Waals surface area contributed by atoms with E-state index in [9.17, 15) is 0 Å². The van der Waals surface area contributed by atoms with Crippen LogP contribution in [-0.4, -0.2) is 14.1 Å². The molecule has 1 aliphatic heterocycles. The number of aromatic nitrogens is 4. The summed E-state index contributed by atoms with van der Waals surface area (Å²) in [4.78, 5) is 4.92. The summed E-state index contributed by atoms with van der Waals surface area (Å²) in [5.74, 6) is 1.73. The quantitative estimate of drug-likeness (QED) is 0.118. The zero-order valence-electron chi connectivity index (χ0n) is 55.9. The van der Waals surface area contributed by atoms with Crippen LogP contribution in [0, 0.1) is 32.2 Å². The Morgan fingerprint density at radius 3 is 1.84 bits per heavy atom. The predicted molar refractivity (Wildman–Crippen MR) is 360 cm³/mol. The van der Waals surface area contributed by atoms with E-state index in [1.165, 1.54) is 23.8 Å². The molecule has 16 rings (SSSR count). The Balaban J connectivity index is 0.00000743. The second-order valence-electron chi connectivity index (χ2n) is 25.1. The molecule has 0 saturated heterocycles. The minimum Gasteiger partial charge on any atom is -0.510 e. The first-order valence-electron chi connectivity index (χ1n) is 32.8. The maximum atomic E-state index is 8.98. The predicted octanol–water partition coefficient (Wildman–Crippen LogP) is 21.0. The fraction of sp³-hybridized carbons (Fsp3) is 0.122. The molecule has 0 amide bonds. The summed E-state index contributed by atoms with van der Waals surface area (Å²) >= 11 is 0. The van der Waals surface area contributed by atoms with Crippen LogP contribution in [0.1, 0.15) is 72.0 Å². The molecule has 0 spiro atoms. The Labute approximate surface area is 541 Å². The number of hydrogen-bond acceptors (Lipinski definition) is 3. The van der Waals surface area contributed by atoms with Gasteiger partial charge in [-0.3, -0.25) is 4.57 Å². The third-order valence-electron chi connectivity index (χ3n) is 17.5. The molecule has 1 aliphatic rings. The number of nitrogens with zero attached hydrogens (tertiary/aromatic N) is 4. The van der Waals surface area contributed by atoms with Gasteiger partial charge in [0.15, 0.2) is 0 Å². The van der Waals surface area contributed by atoms with Crippen LogP contribution in [0.4, 0.5) is 0 Å². The fourth-order valence-corrected chi connectivity index (χ4v) is 13.1. The molecule has 15 aromatic rings. The minimum absolute atomic E-state index is 0. The minimum atomic E-state index is -2.69. The Morgan fingerprint density at radius 1 is 0.472 bits per heavy atom. The van der Waals surface area contributed by atoms with Crippen molar-refractivity contribution in [3.05, 3.63) is 271 Å². The standard InChI is InChI=1S/C82H62N4O2.Pt/c1-50-19-17-20-51(2)78(50)55-43-68(53-33-38-76-69(41-53)67-28-14-16-30-75(67)88-76)79-70(44-55)63-25-11-9-23-61(63)62-24-10-12-26-64(62)71-42-54(52-31-34-56(35-32-52)81(3,4)5)45-74-80(71)85(79)49-84(74)58-21-18-22-59(47-58)87-60-36-37-66-65-27-13-15-29-72(65)86(73(66)48-60)77-46-57(39-40-83-77)82(6,7)8;/h9-46H,1-8H3;/q-2;/i1D3,2D3;. The number of fused-ring (bicyclic) bond motifs is 13. The molecule has 6 nitrogen and oxygen atoms in total. The van der Waals surface area contributed by atoms with Crippen molar-refractivity contribution >= 4 is 54.8 Å². The van der Waals surface area contributed by atoms with Gasteiger partial charge in [-0.1, -0.05) is 187 Å². The van der Waals surface area contributed by atoms with E-state index in [4.69, 9.17) is 22.4 Å². The summed E-state index contributed by atoms with van der Waals surface area (Å²) in [6, 6.07) is 82.6. The number of benzene rings is 11. The number of hydrogen-bond donors (Lipinski definition) is 0. The Kier molecular flexibility index (Phi) is 11.7. The third-order valence-corrected chi connectivity index (χ3v) is 17.5. The first-order valence-corrected chi connectivity index (χ1v) is 29.8. The van der Waals surface area contributed by atoms with Gasteiger partial charge in [0.1, 0.15) is 17.0 Å². The first-order chi connectivity index (χ1) is 45.1. The van der Waals surface area contributed by atoms with E-state index in [0.717, 1.165) is 111 Å². The van der Waals surface area contributed by atoms with Gasteiger partial charge < -0.3 is 18.3 Å². The zero-order chi connectivity index (χ0) is 64.7. The van der Waals surface area contributed by atoms with Gasteiger partial charge in [0.05, 0.1) is 16.7 Å². The van der Waals surface area contributed by atoms with Crippen LogP contribution >= 0.6 is 0 Å². The Bertz CT molecular complexity index is 5570. The molecule has 5 heterocycles. The fourth-order valence-electron chi connectivity index (χ4n) is 13.1. The normalized spacial score (nSPS) is 13.5. The largest absolute Gasteiger partial charge is 0.510 e. The maximum Gasteiger partial charge on any atom is 0.268 e. The van der Waals surface area contributed by atoms with E-state index >= 15 is 0 Å². The summed E-state index contributed by atoms with van der Waals surface area (Å²) in [5, 5.41) is 3.90. The van der Waals surface area contributed by atoms with Gasteiger partial charge in [-0.15, -0.1) is 29.7 Å². The van der Waals surface area contributed by atoms with Gasteiger partial charge in [-0.25, -0.2) is 4.98 Å². The second kappa shape index (κ2) is 21.2. The summed E-state index contributed by atoms with van der Waals surface area (Å²) in [6.45, 7) is 7.92. The molecular weight excluding hydrogens is 1270 g/mol. The molecule has 7 heteroatoms. The van der Waals surface area contributed by atoms with Gasteiger partial charge in [0.2, 0.25) is 0 Å². The molecule has 0 unspecified atom stereocenters. The molecule has 0 saturated carbocycles. The van der Waals surface area contributed by atoms with Crippen LogP contribution in [0.25, 0.3) is 139 Å². The summed E-state index contributed by atoms with van der Waals surface area (Å²) in [7, 11) is 0. The van der Waals surface area contributed by atoms with Crippen LogP contribution in [0.15, 0.2) is 235 Å². The van der Waals surface area contributed by atoms with Gasteiger partial charge in [-0.2, -0.15) is 18.2 Å². The van der Waals surface area contributed by atoms with E-state index in [1.54, 1.807) is 0 Å². The van der Waals surface area contributed by atoms with Crippen molar-refractivity contribution in [2.24, 2.45) is 0 Å². The number of ether oxygens (including phenoxy) is 1. The van der Waals surface area contributed by atoms with Crippen LogP contribution < -0.4 is 9.30 Å². The average Bonchev–Trinajstić information content (AvgIpc) is 1.64. The Hall–Kier alpha value is -9.87. The van der Waals surface area contributed by atoms with Gasteiger partial charge in [-0.05, 0) is 179 Å². The number of rotatable bonds is 7. The van der Waals surface area contributed by atoms with Crippen LogP contribution in [0.3, 0.4) is 0 Å². The van der Waals surface area contributed by atoms with Crippen molar-refractivity contribution in [3.8, 4) is 95.5 Å². The molecule has 0 N–H and O–H groups in total. The number of furan rings is 1. The molecule has 4 aromatic heterocycles. The summed E-state index contributed by atoms with van der Waals surface area (Å²) in [5.41, 5.74) is 17.7. The molecular formula is C82H62N4O2Pt-2. The maximum absolute atomic E-state index is 8.98. The molecule has 0 fully saturated rings. The molecule has 0 atom stereocenters. The number of pyridine rings is 1. The monoisotopic (exact) mass is 1340 g/mol. The van der Waals surface area contributed by atoms with Crippen molar-refractivity contribution in [2.75, 3.05) is 0 Å². The smallest absolute Gasteiger partial charge is 0.268 e. The van der Waals surface area contributed by atoms with Crippen LogP contribution in [0.2, 0.25) is 0 Å². The molecule has 0 aliphatic carbocycles. The van der Waals surface area contributed by atoms with Crippen molar-refractivity contribution in [2.45, 2.75) is 66.1 Å². The van der Waals surface area contributed by atoms with E-state index in [2.05, 4.69) is 189 Å². The number of para-hydroxylation sites is 2. The third kappa shape index (κ3) is 9.34. The SMILES string of the molecule is [2H]C([2H])([2H])c1cccc(C([2H])([2H])[2H])c1-c1cc(-c2ccc3oc4ccccc4c3c2)c2c(c1)-c1ccccc1-c1ccccc1-c1cc(-c3ccc(C(C)(C)C)cc3)cc3c1[n+]-2[c-]n3-c1[c-]c(Oc2[c-]c3c(cc2)c2ccccc2n3-c2cc(C(C)(C)C)ccn2)ccc1.[Pt]. The van der Waals surface area contributed by atoms with Crippen LogP contribution in [0.5, 0.6) is 11.5 Å². The molecule has 89 heavy (non-hydrogen) atoms. The van der Waals surface area contributed by atoms with Crippen molar-refractivity contribution in [1.82, 2.24) is 14.1 Å². The van der Waals surface area contributed by atoms with Gasteiger partial charge >= 0.3 is 0 Å². The molecule has 434 valence electrons. The Morgan fingerprint density at radius 2 is 1.10 bits per heavy atom. The van der Waals surface area contributed by atoms with E-state index < -0.39 is 13.7 Å². The molecule has 11 aromatic carbocycles. The van der Waals surface area contributed by atoms with Crippen molar-refractivity contribution in [3.63, 3.8) is 0 Å². The van der Waals surface area contributed by atoms with E-state index in [-0.39, 0.29) is 48.6 Å². The number of aryl methyl sites for hydroxylation is 2. The van der Waals surface area contributed by atoms with Crippen LogP contribution in [-0.2, 0) is 31.9 Å². The number of imidazole rings is 1. The van der Waals surface area contributed by atoms with E-state index in [1.807, 2.05) is 97.2 Å². The van der Waals surface area contributed by atoms with Gasteiger partial charge in [0, 0.05) is 63.3 Å². The van der Waals surface area contributed by atoms with E-state index in [0.29, 0.717) is 39.5 Å². The van der Waals surface area contributed by atoms with Gasteiger partial charge in [0.25, 0.3) is 6.33 Å². The van der Waals surface area contributed by atoms with Crippen molar-refractivity contribution in [1.29, 1.82) is 0 Å². The van der Waals surface area contributed by atoms with Crippen molar-refractivity contribution < 1.29 is 43.0 Å². The first kappa shape index (κ1) is 49.2. The summed E-state index contributed by atoms with van der Waals surface area (Å²) < 4.78 is 73.6. The second-order valence-corrected chi connectivity index (χ2v) is 25.1. The molecule has 0 radical (unpaired) electrons. The zero-order valence-corrected chi connectivity index (χ0v) is 52.1. The average molecular weight is 1340 g/mol.